The molecule has 0 aliphatic rings. The smallest absolute Gasteiger partial charge is 0.321 e. The van der Waals surface area contributed by atoms with Crippen LogP contribution in [0.25, 0.3) is 0 Å². The van der Waals surface area contributed by atoms with Crippen LogP contribution in [0.15, 0.2) is 42.5 Å². The molecule has 132 valence electrons. The van der Waals surface area contributed by atoms with E-state index >= 15 is 0 Å². The highest BCUT2D eigenvalue weighted by atomic mass is 19.1. The average molecular weight is 349 g/mol. The van der Waals surface area contributed by atoms with Crippen molar-refractivity contribution < 1.29 is 23.1 Å². The van der Waals surface area contributed by atoms with Gasteiger partial charge in [0.15, 0.2) is 17.4 Å². The molecule has 0 spiro atoms. The second-order valence-corrected chi connectivity index (χ2v) is 5.04. The molecule has 0 saturated heterocycles. The van der Waals surface area contributed by atoms with E-state index in [0.29, 0.717) is 0 Å². The van der Waals surface area contributed by atoms with Crippen molar-refractivity contribution in [2.45, 2.75) is 6.54 Å². The molecule has 0 heterocycles. The molecule has 0 atom stereocenters. The van der Waals surface area contributed by atoms with Gasteiger partial charge in [0.1, 0.15) is 0 Å². The van der Waals surface area contributed by atoms with Crippen LogP contribution in [0, 0.1) is 11.6 Å². The predicted molar refractivity (Wildman–Crippen MR) is 88.2 cm³/mol. The zero-order valence-electron chi connectivity index (χ0n) is 13.4. The molecule has 0 radical (unpaired) electrons. The summed E-state index contributed by atoms with van der Waals surface area (Å²) in [4.78, 5) is 23.3. The van der Waals surface area contributed by atoms with Gasteiger partial charge < -0.3 is 15.4 Å². The van der Waals surface area contributed by atoms with Gasteiger partial charge >= 0.3 is 6.03 Å². The van der Waals surface area contributed by atoms with Crippen LogP contribution in [0.2, 0.25) is 0 Å². The monoisotopic (exact) mass is 349 g/mol. The summed E-state index contributed by atoms with van der Waals surface area (Å²) in [6.45, 7) is -0.0632. The van der Waals surface area contributed by atoms with Crippen molar-refractivity contribution in [1.82, 2.24) is 10.6 Å². The number of methoxy groups -OCH3 is 1. The highest BCUT2D eigenvalue weighted by Gasteiger charge is 2.12. The topological polar surface area (TPSA) is 79.5 Å². The van der Waals surface area contributed by atoms with Gasteiger partial charge in [-0.1, -0.05) is 30.3 Å². The SMILES string of the molecule is COc1c(F)cc(NCC(=O)NC(=O)NCc2ccccc2)cc1F. The number of halogens is 2. The van der Waals surface area contributed by atoms with E-state index in [-0.39, 0.29) is 18.8 Å². The fourth-order valence-electron chi connectivity index (χ4n) is 2.03. The fraction of sp³-hybridized carbons (Fsp3) is 0.176. The maximum absolute atomic E-state index is 13.5. The van der Waals surface area contributed by atoms with Crippen molar-refractivity contribution in [3.8, 4) is 5.75 Å². The third-order valence-corrected chi connectivity index (χ3v) is 3.20. The molecule has 8 heteroatoms. The molecule has 0 aromatic heterocycles. The number of hydrogen-bond acceptors (Lipinski definition) is 4. The Bertz CT molecular complexity index is 731. The molecule has 0 fully saturated rings. The molecule has 0 saturated carbocycles. The first-order valence-electron chi connectivity index (χ1n) is 7.38. The average Bonchev–Trinajstić information content (AvgIpc) is 2.59. The number of anilines is 1. The second-order valence-electron chi connectivity index (χ2n) is 5.04. The Labute approximate surface area is 143 Å². The number of carbonyl (C=O) groups is 2. The number of amides is 3. The minimum Gasteiger partial charge on any atom is -0.491 e. The zero-order chi connectivity index (χ0) is 18.2. The van der Waals surface area contributed by atoms with E-state index in [1.807, 2.05) is 30.3 Å². The number of benzene rings is 2. The Hall–Kier alpha value is -3.16. The van der Waals surface area contributed by atoms with Crippen LogP contribution in [-0.2, 0) is 11.3 Å². The van der Waals surface area contributed by atoms with Crippen molar-refractivity contribution >= 4 is 17.6 Å². The highest BCUT2D eigenvalue weighted by molar-refractivity contribution is 5.96. The largest absolute Gasteiger partial charge is 0.491 e. The number of ether oxygens (including phenoxy) is 1. The third kappa shape index (κ3) is 5.45. The molecular formula is C17H17F2N3O3. The molecule has 2 aromatic carbocycles. The van der Waals surface area contributed by atoms with Crippen LogP contribution in [0.4, 0.5) is 19.3 Å². The lowest BCUT2D eigenvalue weighted by Gasteiger charge is -2.10. The van der Waals surface area contributed by atoms with Crippen molar-refractivity contribution in [1.29, 1.82) is 0 Å². The molecule has 25 heavy (non-hydrogen) atoms. The van der Waals surface area contributed by atoms with Crippen LogP contribution in [0.3, 0.4) is 0 Å². The van der Waals surface area contributed by atoms with Gasteiger partial charge in [-0.25, -0.2) is 13.6 Å². The van der Waals surface area contributed by atoms with E-state index < -0.39 is 29.3 Å². The molecule has 0 aliphatic carbocycles. The summed E-state index contributed by atoms with van der Waals surface area (Å²) in [7, 11) is 1.15. The van der Waals surface area contributed by atoms with Crippen LogP contribution in [0.1, 0.15) is 5.56 Å². The Morgan fingerprint density at radius 1 is 1.08 bits per heavy atom. The Kier molecular flexibility index (Phi) is 6.27. The molecule has 2 rings (SSSR count). The van der Waals surface area contributed by atoms with Crippen molar-refractivity contribution in [2.75, 3.05) is 19.0 Å². The maximum Gasteiger partial charge on any atom is 0.321 e. The summed E-state index contributed by atoms with van der Waals surface area (Å²) in [5.41, 5.74) is 0.933. The summed E-state index contributed by atoms with van der Waals surface area (Å²) >= 11 is 0. The van der Waals surface area contributed by atoms with Crippen molar-refractivity contribution in [3.05, 3.63) is 59.7 Å². The van der Waals surface area contributed by atoms with Crippen LogP contribution in [-0.4, -0.2) is 25.6 Å². The number of nitrogens with one attached hydrogen (secondary N) is 3. The lowest BCUT2D eigenvalue weighted by Crippen LogP contribution is -2.41. The molecule has 3 amide bonds. The number of urea groups is 1. The van der Waals surface area contributed by atoms with Gasteiger partial charge in [0.25, 0.3) is 0 Å². The number of imide groups is 1. The first-order chi connectivity index (χ1) is 12.0. The molecule has 6 nitrogen and oxygen atoms in total. The Morgan fingerprint density at radius 3 is 2.32 bits per heavy atom. The summed E-state index contributed by atoms with van der Waals surface area (Å²) in [5, 5.41) is 7.16. The molecule has 3 N–H and O–H groups in total. The van der Waals surface area contributed by atoms with Crippen LogP contribution >= 0.6 is 0 Å². The van der Waals surface area contributed by atoms with Gasteiger partial charge in [0.05, 0.1) is 13.7 Å². The van der Waals surface area contributed by atoms with Gasteiger partial charge in [0.2, 0.25) is 5.91 Å². The van der Waals surface area contributed by atoms with Gasteiger partial charge in [-0.15, -0.1) is 0 Å². The summed E-state index contributed by atoms with van der Waals surface area (Å²) in [6.07, 6.45) is 0. The second kappa shape index (κ2) is 8.62. The van der Waals surface area contributed by atoms with E-state index in [1.54, 1.807) is 0 Å². The standard InChI is InChI=1S/C17H17F2N3O3/c1-25-16-13(18)7-12(8-14(16)19)20-10-15(23)22-17(24)21-9-11-5-3-2-4-6-11/h2-8,20H,9-10H2,1H3,(H2,21,22,23,24). The number of hydrogen-bond donors (Lipinski definition) is 3. The minimum atomic E-state index is -0.897. The van der Waals surface area contributed by atoms with Gasteiger partial charge in [-0.2, -0.15) is 0 Å². The van der Waals surface area contributed by atoms with E-state index in [1.165, 1.54) is 0 Å². The quantitative estimate of drug-likeness (QED) is 0.748. The van der Waals surface area contributed by atoms with E-state index in [4.69, 9.17) is 0 Å². The number of rotatable bonds is 6. The normalized spacial score (nSPS) is 10.0. The lowest BCUT2D eigenvalue weighted by atomic mass is 10.2. The molecule has 0 aliphatic heterocycles. The summed E-state index contributed by atoms with van der Waals surface area (Å²) in [5.74, 6) is -2.95. The van der Waals surface area contributed by atoms with E-state index in [2.05, 4.69) is 20.7 Å². The molecular weight excluding hydrogens is 332 g/mol. The Balaban J connectivity index is 1.79. The van der Waals surface area contributed by atoms with Crippen molar-refractivity contribution in [3.63, 3.8) is 0 Å². The summed E-state index contributed by atoms with van der Waals surface area (Å²) < 4.78 is 31.6. The third-order valence-electron chi connectivity index (χ3n) is 3.20. The fourth-order valence-corrected chi connectivity index (χ4v) is 2.03. The van der Waals surface area contributed by atoms with Gasteiger partial charge in [-0.05, 0) is 5.56 Å². The lowest BCUT2D eigenvalue weighted by molar-refractivity contribution is -0.118. The summed E-state index contributed by atoms with van der Waals surface area (Å²) in [6, 6.07) is 10.5. The van der Waals surface area contributed by atoms with Gasteiger partial charge in [-0.3, -0.25) is 10.1 Å². The molecule has 2 aromatic rings. The zero-order valence-corrected chi connectivity index (χ0v) is 13.4. The van der Waals surface area contributed by atoms with Crippen molar-refractivity contribution in [2.24, 2.45) is 0 Å². The Morgan fingerprint density at radius 2 is 1.72 bits per heavy atom. The molecule has 0 bridgehead atoms. The first-order valence-corrected chi connectivity index (χ1v) is 7.38. The number of carbonyl (C=O) groups excluding carboxylic acids is 2. The van der Waals surface area contributed by atoms with Crippen LogP contribution < -0.4 is 20.7 Å². The predicted octanol–water partition coefficient (Wildman–Crippen LogP) is 2.41. The molecule has 0 unspecified atom stereocenters. The first kappa shape index (κ1) is 18.2. The van der Waals surface area contributed by atoms with Crippen LogP contribution in [0.5, 0.6) is 5.75 Å². The van der Waals surface area contributed by atoms with E-state index in [0.717, 1.165) is 24.8 Å². The van der Waals surface area contributed by atoms with E-state index in [9.17, 15) is 18.4 Å². The van der Waals surface area contributed by atoms with Gasteiger partial charge in [0, 0.05) is 24.4 Å². The minimum absolute atomic E-state index is 0.0515. The maximum atomic E-state index is 13.5. The highest BCUT2D eigenvalue weighted by Crippen LogP contribution is 2.25.